The van der Waals surface area contributed by atoms with Crippen LogP contribution in [0.1, 0.15) is 29.2 Å². The average molecular weight is 388 g/mol. The number of H-pyrrole nitrogens is 1. The van der Waals surface area contributed by atoms with Crippen molar-refractivity contribution >= 4 is 16.8 Å². The number of carbonyl (C=O) groups is 1. The van der Waals surface area contributed by atoms with Crippen LogP contribution in [0.5, 0.6) is 0 Å². The highest BCUT2D eigenvalue weighted by molar-refractivity contribution is 5.97. The van der Waals surface area contributed by atoms with Gasteiger partial charge in [0.05, 0.1) is 6.54 Å². The van der Waals surface area contributed by atoms with Crippen LogP contribution in [0, 0.1) is 0 Å². The second-order valence-corrected chi connectivity index (χ2v) is 7.21. The maximum absolute atomic E-state index is 12.8. The number of rotatable bonds is 6. The summed E-state index contributed by atoms with van der Waals surface area (Å²) in [5.41, 5.74) is 2.16. The van der Waals surface area contributed by atoms with E-state index in [1.54, 1.807) is 23.0 Å². The van der Waals surface area contributed by atoms with E-state index >= 15 is 0 Å². The van der Waals surface area contributed by atoms with Gasteiger partial charge in [-0.25, -0.2) is 9.48 Å². The lowest BCUT2D eigenvalue weighted by molar-refractivity contribution is 0.0952. The highest BCUT2D eigenvalue weighted by Gasteiger charge is 2.30. The van der Waals surface area contributed by atoms with E-state index in [1.807, 2.05) is 36.5 Å². The van der Waals surface area contributed by atoms with Gasteiger partial charge in [-0.2, -0.15) is 0 Å². The second kappa shape index (κ2) is 7.05. The number of nitrogens with zero attached hydrogens (tertiary/aromatic N) is 4. The Morgan fingerprint density at radius 1 is 1.24 bits per heavy atom. The molecule has 0 radical (unpaired) electrons. The molecule has 0 bridgehead atoms. The molecule has 8 heteroatoms. The van der Waals surface area contributed by atoms with Gasteiger partial charge in [0.2, 0.25) is 0 Å². The van der Waals surface area contributed by atoms with Crippen molar-refractivity contribution in [2.75, 3.05) is 6.54 Å². The van der Waals surface area contributed by atoms with E-state index < -0.39 is 0 Å². The number of aromatic amines is 1. The van der Waals surface area contributed by atoms with Gasteiger partial charge in [-0.05, 0) is 48.6 Å². The molecule has 5 rings (SSSR count). The summed E-state index contributed by atoms with van der Waals surface area (Å²) in [4.78, 5) is 32.5. The Balaban J connectivity index is 1.32. The molecular formula is C21H20N6O2. The third-order valence-electron chi connectivity index (χ3n) is 5.13. The third-order valence-corrected chi connectivity index (χ3v) is 5.13. The normalized spacial score (nSPS) is 13.7. The van der Waals surface area contributed by atoms with Crippen molar-refractivity contribution < 1.29 is 4.79 Å². The third kappa shape index (κ3) is 3.33. The van der Waals surface area contributed by atoms with Gasteiger partial charge in [-0.15, -0.1) is 5.10 Å². The lowest BCUT2D eigenvalue weighted by atomic mass is 10.1. The Morgan fingerprint density at radius 3 is 2.93 bits per heavy atom. The fourth-order valence-electron chi connectivity index (χ4n) is 3.49. The highest BCUT2D eigenvalue weighted by atomic mass is 16.2. The maximum Gasteiger partial charge on any atom is 0.346 e. The summed E-state index contributed by atoms with van der Waals surface area (Å²) in [7, 11) is 0. The maximum atomic E-state index is 12.8. The molecule has 3 aromatic heterocycles. The Kier molecular flexibility index (Phi) is 4.23. The highest BCUT2D eigenvalue weighted by Crippen LogP contribution is 2.36. The van der Waals surface area contributed by atoms with Crippen LogP contribution in [-0.4, -0.2) is 36.8 Å². The number of amides is 1. The predicted molar refractivity (Wildman–Crippen MR) is 109 cm³/mol. The molecule has 4 aromatic rings. The molecule has 0 unspecified atom stereocenters. The van der Waals surface area contributed by atoms with Gasteiger partial charge < -0.3 is 10.3 Å². The topological polar surface area (TPSA) is 97.6 Å². The van der Waals surface area contributed by atoms with Gasteiger partial charge in [0.25, 0.3) is 5.91 Å². The van der Waals surface area contributed by atoms with Crippen molar-refractivity contribution in [1.29, 1.82) is 0 Å². The smallest absolute Gasteiger partial charge is 0.346 e. The quantitative estimate of drug-likeness (QED) is 0.530. The van der Waals surface area contributed by atoms with E-state index in [0.717, 1.165) is 29.3 Å². The van der Waals surface area contributed by atoms with E-state index in [4.69, 9.17) is 0 Å². The van der Waals surface area contributed by atoms with Gasteiger partial charge in [0, 0.05) is 47.8 Å². The molecule has 0 aliphatic heterocycles. The molecule has 1 saturated carbocycles. The van der Waals surface area contributed by atoms with Crippen LogP contribution in [0.3, 0.4) is 0 Å². The summed E-state index contributed by atoms with van der Waals surface area (Å²) < 4.78 is 3.17. The second-order valence-electron chi connectivity index (χ2n) is 7.21. The Labute approximate surface area is 166 Å². The number of nitrogens with one attached hydrogen (secondary N) is 2. The van der Waals surface area contributed by atoms with Crippen molar-refractivity contribution in [2.45, 2.75) is 25.4 Å². The number of carbonyl (C=O) groups excluding carboxylic acids is 1. The van der Waals surface area contributed by atoms with Crippen molar-refractivity contribution in [3.05, 3.63) is 71.0 Å². The molecule has 29 heavy (non-hydrogen) atoms. The summed E-state index contributed by atoms with van der Waals surface area (Å²) in [5.74, 6) is 0.456. The fraction of sp³-hybridized carbons (Fsp3) is 0.238. The van der Waals surface area contributed by atoms with Crippen LogP contribution in [0.2, 0.25) is 0 Å². The summed E-state index contributed by atoms with van der Waals surface area (Å²) in [5, 5.41) is 8.44. The van der Waals surface area contributed by atoms with E-state index in [2.05, 4.69) is 20.4 Å². The molecule has 1 fully saturated rings. The van der Waals surface area contributed by atoms with Crippen molar-refractivity contribution in [2.24, 2.45) is 0 Å². The van der Waals surface area contributed by atoms with Crippen LogP contribution in [0.4, 0.5) is 0 Å². The first-order chi connectivity index (χ1) is 14.2. The number of benzene rings is 1. The van der Waals surface area contributed by atoms with Crippen LogP contribution in [0.25, 0.3) is 22.3 Å². The Bertz CT molecular complexity index is 1230. The molecule has 1 aliphatic carbocycles. The van der Waals surface area contributed by atoms with E-state index in [0.29, 0.717) is 24.5 Å². The zero-order valence-corrected chi connectivity index (χ0v) is 15.7. The minimum atomic E-state index is -0.177. The Morgan fingerprint density at radius 2 is 2.14 bits per heavy atom. The molecule has 0 saturated heterocycles. The molecule has 8 nitrogen and oxygen atoms in total. The molecular weight excluding hydrogens is 368 g/mol. The zero-order valence-electron chi connectivity index (χ0n) is 15.7. The first-order valence-electron chi connectivity index (χ1n) is 9.66. The molecule has 1 aliphatic rings. The van der Waals surface area contributed by atoms with Gasteiger partial charge in [0.1, 0.15) is 0 Å². The minimum absolute atomic E-state index is 0.145. The molecule has 1 amide bonds. The Hall–Kier alpha value is -3.68. The van der Waals surface area contributed by atoms with E-state index in [-0.39, 0.29) is 17.6 Å². The first-order valence-corrected chi connectivity index (χ1v) is 9.66. The molecule has 3 heterocycles. The van der Waals surface area contributed by atoms with Crippen molar-refractivity contribution in [3.8, 4) is 11.4 Å². The first kappa shape index (κ1) is 17.4. The molecule has 2 N–H and O–H groups in total. The number of hydrogen-bond acceptors (Lipinski definition) is 4. The fourth-order valence-corrected chi connectivity index (χ4v) is 3.49. The molecule has 1 aromatic carbocycles. The monoisotopic (exact) mass is 388 g/mol. The molecule has 0 atom stereocenters. The van der Waals surface area contributed by atoms with Crippen LogP contribution in [-0.2, 0) is 6.54 Å². The standard InChI is InChI=1S/C21H20N6O2/c28-20(15-4-3-14-7-9-23-18(14)12-15)24-10-11-26-21(29)27(17-5-6-17)19(25-26)16-2-1-8-22-13-16/h1-4,7-9,12-13,17,23H,5-6,10-11H2,(H,24,28). The summed E-state index contributed by atoms with van der Waals surface area (Å²) in [6.07, 6.45) is 7.21. The van der Waals surface area contributed by atoms with E-state index in [9.17, 15) is 9.59 Å². The average Bonchev–Trinajstić information content (AvgIpc) is 3.38. The molecule has 0 spiro atoms. The SMILES string of the molecule is O=C(NCCn1nc(-c2cccnc2)n(C2CC2)c1=O)c1ccc2cc[nH]c2c1. The van der Waals surface area contributed by atoms with Gasteiger partial charge in [-0.1, -0.05) is 6.07 Å². The van der Waals surface area contributed by atoms with Crippen LogP contribution >= 0.6 is 0 Å². The van der Waals surface area contributed by atoms with Gasteiger partial charge in [0.15, 0.2) is 5.82 Å². The zero-order chi connectivity index (χ0) is 19.8. The summed E-state index contributed by atoms with van der Waals surface area (Å²) >= 11 is 0. The van der Waals surface area contributed by atoms with Crippen molar-refractivity contribution in [1.82, 2.24) is 29.6 Å². The lowest BCUT2D eigenvalue weighted by Crippen LogP contribution is -2.32. The van der Waals surface area contributed by atoms with Crippen LogP contribution in [0.15, 0.2) is 59.8 Å². The number of pyridine rings is 1. The number of hydrogen-bond donors (Lipinski definition) is 2. The number of aromatic nitrogens is 5. The van der Waals surface area contributed by atoms with Crippen LogP contribution < -0.4 is 11.0 Å². The van der Waals surface area contributed by atoms with Gasteiger partial charge >= 0.3 is 5.69 Å². The summed E-state index contributed by atoms with van der Waals surface area (Å²) in [6, 6.07) is 11.4. The minimum Gasteiger partial charge on any atom is -0.361 e. The predicted octanol–water partition coefficient (Wildman–Crippen LogP) is 2.35. The summed E-state index contributed by atoms with van der Waals surface area (Å²) in [6.45, 7) is 0.623. The van der Waals surface area contributed by atoms with Crippen molar-refractivity contribution in [3.63, 3.8) is 0 Å². The molecule has 146 valence electrons. The van der Waals surface area contributed by atoms with Gasteiger partial charge in [-0.3, -0.25) is 14.3 Å². The number of fused-ring (bicyclic) bond motifs is 1. The van der Waals surface area contributed by atoms with E-state index in [1.165, 1.54) is 4.68 Å². The largest absolute Gasteiger partial charge is 0.361 e. The lowest BCUT2D eigenvalue weighted by Gasteiger charge is -2.05.